The summed E-state index contributed by atoms with van der Waals surface area (Å²) in [6.45, 7) is 6.01. The second-order valence-electron chi connectivity index (χ2n) is 8.95. The lowest BCUT2D eigenvalue weighted by Gasteiger charge is -2.17. The molecule has 0 aromatic heterocycles. The average molecular weight is 467 g/mol. The molecule has 0 heterocycles. The molecule has 0 radical (unpaired) electrons. The van der Waals surface area contributed by atoms with Gasteiger partial charge in [-0.15, -0.1) is 0 Å². The van der Waals surface area contributed by atoms with E-state index in [9.17, 15) is 0 Å². The van der Waals surface area contributed by atoms with Gasteiger partial charge in [-0.25, -0.2) is 0 Å². The maximum atomic E-state index is 6.01. The number of hydrogen-bond acceptors (Lipinski definition) is 3. The number of benzene rings is 1. The van der Waals surface area contributed by atoms with E-state index in [4.69, 9.17) is 13.6 Å². The summed E-state index contributed by atoms with van der Waals surface area (Å²) in [5, 5.41) is 0. The first-order valence-electron chi connectivity index (χ1n) is 13.7. The summed E-state index contributed by atoms with van der Waals surface area (Å²) >= 11 is 0. The van der Waals surface area contributed by atoms with Crippen molar-refractivity contribution >= 4 is 8.60 Å². The second-order valence-corrected chi connectivity index (χ2v) is 10.1. The van der Waals surface area contributed by atoms with Gasteiger partial charge in [0.15, 0.2) is 0 Å². The number of para-hydroxylation sites is 1. The van der Waals surface area contributed by atoms with Crippen LogP contribution in [0.4, 0.5) is 0 Å². The molecule has 0 spiro atoms. The highest BCUT2D eigenvalue weighted by atomic mass is 31.2. The molecular formula is C28H51O3P. The van der Waals surface area contributed by atoms with Crippen molar-refractivity contribution in [3.05, 3.63) is 30.3 Å². The van der Waals surface area contributed by atoms with Crippen LogP contribution in [0.15, 0.2) is 30.3 Å². The van der Waals surface area contributed by atoms with Gasteiger partial charge in [0.2, 0.25) is 0 Å². The van der Waals surface area contributed by atoms with E-state index in [1.165, 1.54) is 103 Å². The Balaban J connectivity index is 2.11. The van der Waals surface area contributed by atoms with Gasteiger partial charge in [-0.3, -0.25) is 0 Å². The topological polar surface area (TPSA) is 27.7 Å². The predicted molar refractivity (Wildman–Crippen MR) is 140 cm³/mol. The first-order valence-corrected chi connectivity index (χ1v) is 14.7. The predicted octanol–water partition coefficient (Wildman–Crippen LogP) is 10.4. The van der Waals surface area contributed by atoms with Gasteiger partial charge in [0.25, 0.3) is 0 Å². The molecule has 0 fully saturated rings. The quantitative estimate of drug-likeness (QED) is 0.112. The highest BCUT2D eigenvalue weighted by molar-refractivity contribution is 7.42. The zero-order valence-corrected chi connectivity index (χ0v) is 22.1. The molecule has 0 amide bonds. The van der Waals surface area contributed by atoms with Crippen LogP contribution < -0.4 is 4.52 Å². The number of rotatable bonds is 24. The monoisotopic (exact) mass is 466 g/mol. The molecule has 0 aliphatic rings. The highest BCUT2D eigenvalue weighted by Gasteiger charge is 2.14. The van der Waals surface area contributed by atoms with E-state index in [1.807, 2.05) is 30.3 Å². The van der Waals surface area contributed by atoms with E-state index in [1.54, 1.807) is 0 Å². The molecule has 0 N–H and O–H groups in total. The minimum Gasteiger partial charge on any atom is -0.427 e. The maximum Gasteiger partial charge on any atom is 0.397 e. The Morgan fingerprint density at radius 2 is 0.875 bits per heavy atom. The number of unbranched alkanes of at least 4 members (excludes halogenated alkanes) is 16. The third-order valence-corrected chi connectivity index (χ3v) is 6.96. The van der Waals surface area contributed by atoms with Gasteiger partial charge >= 0.3 is 8.60 Å². The molecule has 0 aliphatic carbocycles. The van der Waals surface area contributed by atoms with Gasteiger partial charge in [0.1, 0.15) is 5.75 Å². The molecule has 186 valence electrons. The zero-order chi connectivity index (χ0) is 23.0. The first-order chi connectivity index (χ1) is 15.9. The van der Waals surface area contributed by atoms with Crippen LogP contribution in [0.3, 0.4) is 0 Å². The zero-order valence-electron chi connectivity index (χ0n) is 21.2. The van der Waals surface area contributed by atoms with Crippen molar-refractivity contribution in [3.63, 3.8) is 0 Å². The van der Waals surface area contributed by atoms with E-state index in [2.05, 4.69) is 13.8 Å². The summed E-state index contributed by atoms with van der Waals surface area (Å²) in [7, 11) is -1.31. The molecule has 1 rings (SSSR count). The van der Waals surface area contributed by atoms with Crippen molar-refractivity contribution in [2.75, 3.05) is 13.2 Å². The SMILES string of the molecule is CCCCCCCCCCCOP(OCCCCCCCCCCC)Oc1ccccc1. The van der Waals surface area contributed by atoms with Gasteiger partial charge in [0.05, 0.1) is 13.2 Å². The molecule has 1 aromatic carbocycles. The molecule has 3 nitrogen and oxygen atoms in total. The maximum absolute atomic E-state index is 6.01. The molecule has 0 saturated carbocycles. The molecule has 0 unspecified atom stereocenters. The summed E-state index contributed by atoms with van der Waals surface area (Å²) in [6, 6.07) is 9.92. The van der Waals surface area contributed by atoms with Gasteiger partial charge in [0, 0.05) is 0 Å². The molecule has 4 heteroatoms. The van der Waals surface area contributed by atoms with Crippen molar-refractivity contribution in [2.24, 2.45) is 0 Å². The standard InChI is InChI=1S/C28H51O3P/c1-3-5-7-9-11-13-15-17-22-26-29-32(31-28-24-20-19-21-25-28)30-27-23-18-16-14-12-10-8-6-4-2/h19-21,24-25H,3-18,22-23,26-27H2,1-2H3. The number of hydrogen-bond donors (Lipinski definition) is 0. The van der Waals surface area contributed by atoms with Crippen molar-refractivity contribution in [3.8, 4) is 5.75 Å². The Labute approximate surface area is 201 Å². The largest absolute Gasteiger partial charge is 0.427 e. The van der Waals surface area contributed by atoms with Crippen LogP contribution in [0.2, 0.25) is 0 Å². The minimum atomic E-state index is -1.31. The van der Waals surface area contributed by atoms with Crippen LogP contribution in [0.5, 0.6) is 5.75 Å². The summed E-state index contributed by atoms with van der Waals surface area (Å²) < 4.78 is 18.0. The Bertz CT molecular complexity index is 459. The summed E-state index contributed by atoms with van der Waals surface area (Å²) in [6.07, 6.45) is 23.8. The van der Waals surface area contributed by atoms with Crippen molar-refractivity contribution < 1.29 is 13.6 Å². The fourth-order valence-electron chi connectivity index (χ4n) is 3.76. The molecule has 32 heavy (non-hydrogen) atoms. The molecule has 0 aliphatic heterocycles. The Kier molecular flexibility index (Phi) is 21.6. The summed E-state index contributed by atoms with van der Waals surface area (Å²) in [5.41, 5.74) is 0. The lowest BCUT2D eigenvalue weighted by Crippen LogP contribution is -2.01. The van der Waals surface area contributed by atoms with Crippen molar-refractivity contribution in [2.45, 2.75) is 129 Å². The van der Waals surface area contributed by atoms with Crippen LogP contribution in [0, 0.1) is 0 Å². The fourth-order valence-corrected chi connectivity index (χ4v) is 4.79. The van der Waals surface area contributed by atoms with E-state index in [-0.39, 0.29) is 0 Å². The van der Waals surface area contributed by atoms with E-state index >= 15 is 0 Å². The normalized spacial score (nSPS) is 11.3. The lowest BCUT2D eigenvalue weighted by atomic mass is 10.1. The molecule has 0 atom stereocenters. The Morgan fingerprint density at radius 1 is 0.500 bits per heavy atom. The van der Waals surface area contributed by atoms with Gasteiger partial charge in [-0.05, 0) is 25.0 Å². The van der Waals surface area contributed by atoms with Crippen LogP contribution in [0.1, 0.15) is 129 Å². The van der Waals surface area contributed by atoms with Gasteiger partial charge in [-0.2, -0.15) is 0 Å². The van der Waals surface area contributed by atoms with Gasteiger partial charge < -0.3 is 13.6 Å². The van der Waals surface area contributed by atoms with E-state index in [0.29, 0.717) is 0 Å². The van der Waals surface area contributed by atoms with Crippen LogP contribution >= 0.6 is 8.60 Å². The van der Waals surface area contributed by atoms with Crippen molar-refractivity contribution in [1.82, 2.24) is 0 Å². The summed E-state index contributed by atoms with van der Waals surface area (Å²) in [5.74, 6) is 0.831. The van der Waals surface area contributed by atoms with E-state index < -0.39 is 8.60 Å². The molecule has 0 bridgehead atoms. The van der Waals surface area contributed by atoms with Crippen LogP contribution in [-0.2, 0) is 9.05 Å². The molecule has 0 saturated heterocycles. The first kappa shape index (κ1) is 29.4. The lowest BCUT2D eigenvalue weighted by molar-refractivity contribution is 0.198. The van der Waals surface area contributed by atoms with Crippen LogP contribution in [0.25, 0.3) is 0 Å². The Morgan fingerprint density at radius 3 is 1.28 bits per heavy atom. The molecule has 1 aromatic rings. The minimum absolute atomic E-state index is 0.728. The smallest absolute Gasteiger partial charge is 0.397 e. The second kappa shape index (κ2) is 23.5. The fraction of sp³-hybridized carbons (Fsp3) is 0.786. The van der Waals surface area contributed by atoms with Gasteiger partial charge in [-0.1, -0.05) is 135 Å². The van der Waals surface area contributed by atoms with Crippen LogP contribution in [-0.4, -0.2) is 13.2 Å². The van der Waals surface area contributed by atoms with Crippen molar-refractivity contribution in [1.29, 1.82) is 0 Å². The van der Waals surface area contributed by atoms with E-state index in [0.717, 1.165) is 31.8 Å². The third kappa shape index (κ3) is 18.9. The third-order valence-electron chi connectivity index (χ3n) is 5.81. The summed E-state index contributed by atoms with van der Waals surface area (Å²) in [4.78, 5) is 0. The highest BCUT2D eigenvalue weighted by Crippen LogP contribution is 2.41. The Hall–Kier alpha value is -0.630. The molecular weight excluding hydrogens is 415 g/mol. The average Bonchev–Trinajstić information content (AvgIpc) is 2.82.